The van der Waals surface area contributed by atoms with Crippen LogP contribution in [0.25, 0.3) is 0 Å². The van der Waals surface area contributed by atoms with Gasteiger partial charge in [0.15, 0.2) is 0 Å². The quantitative estimate of drug-likeness (QED) is 0.520. The Kier molecular flexibility index (Phi) is 6.98. The van der Waals surface area contributed by atoms with Crippen molar-refractivity contribution in [3.05, 3.63) is 71.4 Å². The minimum Gasteiger partial charge on any atom is -0.494 e. The van der Waals surface area contributed by atoms with Crippen LogP contribution >= 0.6 is 11.6 Å². The van der Waals surface area contributed by atoms with E-state index in [9.17, 15) is 13.2 Å². The number of pyridine rings is 1. The Morgan fingerprint density at radius 1 is 1.06 bits per heavy atom. The number of anilines is 2. The molecule has 0 atom stereocenters. The second-order valence-electron chi connectivity index (χ2n) is 6.25. The highest BCUT2D eigenvalue weighted by atomic mass is 35.5. The fourth-order valence-electron chi connectivity index (χ4n) is 2.62. The zero-order valence-corrected chi connectivity index (χ0v) is 18.3. The normalized spacial score (nSPS) is 10.9. The summed E-state index contributed by atoms with van der Waals surface area (Å²) in [5.41, 5.74) is 0.878. The van der Waals surface area contributed by atoms with E-state index in [1.54, 1.807) is 36.4 Å². The molecule has 3 rings (SSSR count). The van der Waals surface area contributed by atoms with E-state index in [1.807, 2.05) is 6.92 Å². The molecule has 1 aromatic heterocycles. The van der Waals surface area contributed by atoms with Crippen molar-refractivity contribution in [3.63, 3.8) is 0 Å². The lowest BCUT2D eigenvalue weighted by Crippen LogP contribution is -2.16. The van der Waals surface area contributed by atoms with Gasteiger partial charge in [0, 0.05) is 17.3 Å². The van der Waals surface area contributed by atoms with Crippen molar-refractivity contribution in [1.82, 2.24) is 4.98 Å². The first-order valence-electron chi connectivity index (χ1n) is 9.19. The molecule has 0 saturated heterocycles. The first kappa shape index (κ1) is 22.4. The summed E-state index contributed by atoms with van der Waals surface area (Å²) in [6, 6.07) is 13.7. The van der Waals surface area contributed by atoms with Crippen LogP contribution in [0.5, 0.6) is 11.6 Å². The Morgan fingerprint density at radius 3 is 2.39 bits per heavy atom. The molecule has 2 N–H and O–H groups in total. The number of carbonyl (C=O) groups excluding carboxylic acids is 1. The maximum absolute atomic E-state index is 12.9. The number of benzene rings is 2. The number of methoxy groups -OCH3 is 1. The van der Waals surface area contributed by atoms with Crippen molar-refractivity contribution in [1.29, 1.82) is 0 Å². The highest BCUT2D eigenvalue weighted by molar-refractivity contribution is 7.92. The molecule has 162 valence electrons. The van der Waals surface area contributed by atoms with Crippen molar-refractivity contribution in [3.8, 4) is 11.6 Å². The van der Waals surface area contributed by atoms with E-state index >= 15 is 0 Å². The summed E-state index contributed by atoms with van der Waals surface area (Å²) in [5, 5.41) is 2.63. The summed E-state index contributed by atoms with van der Waals surface area (Å²) in [4.78, 5) is 16.4. The molecule has 1 amide bonds. The summed E-state index contributed by atoms with van der Waals surface area (Å²) in [6.07, 6.45) is 1.43. The molecule has 0 unspecified atom stereocenters. The number of hydrogen-bond donors (Lipinski definition) is 2. The van der Waals surface area contributed by atoms with Crippen LogP contribution in [-0.2, 0) is 10.0 Å². The third kappa shape index (κ3) is 5.65. The van der Waals surface area contributed by atoms with Crippen LogP contribution in [0, 0.1) is 0 Å². The summed E-state index contributed by atoms with van der Waals surface area (Å²) in [6.45, 7) is 2.36. The number of amides is 1. The van der Waals surface area contributed by atoms with Crippen molar-refractivity contribution >= 4 is 38.9 Å². The van der Waals surface area contributed by atoms with E-state index in [2.05, 4.69) is 15.0 Å². The Bertz CT molecular complexity index is 1170. The Balaban J connectivity index is 1.80. The van der Waals surface area contributed by atoms with Gasteiger partial charge in [0.25, 0.3) is 15.9 Å². The second kappa shape index (κ2) is 9.67. The van der Waals surface area contributed by atoms with E-state index in [4.69, 9.17) is 21.1 Å². The van der Waals surface area contributed by atoms with E-state index in [-0.39, 0.29) is 15.5 Å². The van der Waals surface area contributed by atoms with Crippen LogP contribution in [0.15, 0.2) is 65.7 Å². The average molecular weight is 462 g/mol. The predicted octanol–water partition coefficient (Wildman–Crippen LogP) is 4.20. The molecule has 8 nitrogen and oxygen atoms in total. The van der Waals surface area contributed by atoms with Crippen molar-refractivity contribution < 1.29 is 22.7 Å². The topological polar surface area (TPSA) is 107 Å². The number of rotatable bonds is 8. The molecule has 2 aromatic carbocycles. The lowest BCUT2D eigenvalue weighted by Gasteiger charge is -2.12. The Hall–Kier alpha value is -3.30. The van der Waals surface area contributed by atoms with Crippen LogP contribution in [0.2, 0.25) is 5.02 Å². The van der Waals surface area contributed by atoms with Crippen LogP contribution in [0.4, 0.5) is 11.4 Å². The summed E-state index contributed by atoms with van der Waals surface area (Å²) >= 11 is 6.12. The van der Waals surface area contributed by atoms with E-state index < -0.39 is 15.9 Å². The van der Waals surface area contributed by atoms with E-state index in [0.29, 0.717) is 29.6 Å². The molecule has 0 radical (unpaired) electrons. The third-order valence-electron chi connectivity index (χ3n) is 4.10. The minimum atomic E-state index is -4.04. The van der Waals surface area contributed by atoms with Gasteiger partial charge in [0.2, 0.25) is 5.88 Å². The van der Waals surface area contributed by atoms with Gasteiger partial charge in [-0.15, -0.1) is 0 Å². The first-order chi connectivity index (χ1) is 14.8. The SMILES string of the molecule is CCOc1ccc(NS(=O)(=O)c2cc(C(=O)Nc3ccc(OC)nc3)ccc2Cl)cc1. The van der Waals surface area contributed by atoms with Crippen LogP contribution in [0.3, 0.4) is 0 Å². The van der Waals surface area contributed by atoms with Crippen molar-refractivity contribution in [2.24, 2.45) is 0 Å². The fourth-order valence-corrected chi connectivity index (χ4v) is 4.21. The fraction of sp³-hybridized carbons (Fsp3) is 0.143. The highest BCUT2D eigenvalue weighted by Crippen LogP contribution is 2.26. The largest absolute Gasteiger partial charge is 0.494 e. The van der Waals surface area contributed by atoms with Gasteiger partial charge >= 0.3 is 0 Å². The number of halogens is 1. The highest BCUT2D eigenvalue weighted by Gasteiger charge is 2.21. The number of nitrogens with zero attached hydrogens (tertiary/aromatic N) is 1. The zero-order chi connectivity index (χ0) is 22.4. The van der Waals surface area contributed by atoms with E-state index in [1.165, 1.54) is 31.5 Å². The molecule has 1 heterocycles. The lowest BCUT2D eigenvalue weighted by atomic mass is 10.2. The van der Waals surface area contributed by atoms with Crippen LogP contribution < -0.4 is 19.5 Å². The number of ether oxygens (including phenoxy) is 2. The maximum atomic E-state index is 12.9. The van der Waals surface area contributed by atoms with Gasteiger partial charge in [-0.05, 0) is 55.5 Å². The molecule has 0 aliphatic rings. The molecule has 0 bridgehead atoms. The Labute approximate surface area is 185 Å². The monoisotopic (exact) mass is 461 g/mol. The molecule has 10 heteroatoms. The molecular formula is C21H20ClN3O5S. The number of aromatic nitrogens is 1. The predicted molar refractivity (Wildman–Crippen MR) is 119 cm³/mol. The van der Waals surface area contributed by atoms with Gasteiger partial charge in [-0.2, -0.15) is 0 Å². The maximum Gasteiger partial charge on any atom is 0.263 e. The second-order valence-corrected chi connectivity index (χ2v) is 8.31. The zero-order valence-electron chi connectivity index (χ0n) is 16.8. The van der Waals surface area contributed by atoms with Gasteiger partial charge in [-0.1, -0.05) is 11.6 Å². The minimum absolute atomic E-state index is 0.0129. The number of nitrogens with one attached hydrogen (secondary N) is 2. The van der Waals surface area contributed by atoms with E-state index in [0.717, 1.165) is 0 Å². The summed E-state index contributed by atoms with van der Waals surface area (Å²) in [7, 11) is -2.55. The van der Waals surface area contributed by atoms with Crippen LogP contribution in [-0.4, -0.2) is 33.0 Å². The lowest BCUT2D eigenvalue weighted by molar-refractivity contribution is 0.102. The molecule has 0 aliphatic carbocycles. The van der Waals surface area contributed by atoms with Crippen LogP contribution in [0.1, 0.15) is 17.3 Å². The van der Waals surface area contributed by atoms with Gasteiger partial charge in [-0.25, -0.2) is 13.4 Å². The number of sulfonamides is 1. The first-order valence-corrected chi connectivity index (χ1v) is 11.0. The van der Waals surface area contributed by atoms with Crippen molar-refractivity contribution in [2.45, 2.75) is 11.8 Å². The molecule has 31 heavy (non-hydrogen) atoms. The molecule has 0 fully saturated rings. The van der Waals surface area contributed by atoms with Gasteiger partial charge in [0.05, 0.1) is 30.6 Å². The molecular weight excluding hydrogens is 442 g/mol. The third-order valence-corrected chi connectivity index (χ3v) is 5.97. The average Bonchev–Trinajstić information content (AvgIpc) is 2.76. The summed E-state index contributed by atoms with van der Waals surface area (Å²) in [5.74, 6) is 0.509. The van der Waals surface area contributed by atoms with Gasteiger partial charge in [0.1, 0.15) is 10.6 Å². The standard InChI is InChI=1S/C21H20ClN3O5S/c1-3-30-17-8-5-15(6-9-17)25-31(27,28)19-12-14(4-10-18(19)22)21(26)24-16-7-11-20(29-2)23-13-16/h4-13,25H,3H2,1-2H3,(H,24,26). The molecule has 0 aliphatic heterocycles. The molecule has 0 spiro atoms. The number of hydrogen-bond acceptors (Lipinski definition) is 6. The van der Waals surface area contributed by atoms with Gasteiger partial charge < -0.3 is 14.8 Å². The Morgan fingerprint density at radius 2 is 1.77 bits per heavy atom. The van der Waals surface area contributed by atoms with Gasteiger partial charge in [-0.3, -0.25) is 9.52 Å². The van der Waals surface area contributed by atoms with Crippen molar-refractivity contribution in [2.75, 3.05) is 23.8 Å². The summed E-state index contributed by atoms with van der Waals surface area (Å²) < 4.78 is 38.5. The molecule has 3 aromatic rings. The number of carbonyl (C=O) groups is 1. The molecule has 0 saturated carbocycles. The smallest absolute Gasteiger partial charge is 0.263 e.